The van der Waals surface area contributed by atoms with Gasteiger partial charge in [0, 0.05) is 51.9 Å². The number of urea groups is 1. The van der Waals surface area contributed by atoms with Crippen molar-refractivity contribution >= 4 is 23.3 Å². The Labute approximate surface area is 187 Å². The lowest BCUT2D eigenvalue weighted by Crippen LogP contribution is -2.46. The zero-order chi connectivity index (χ0) is 22.8. The summed E-state index contributed by atoms with van der Waals surface area (Å²) in [5, 5.41) is 5.41. The minimum absolute atomic E-state index is 0.184. The fourth-order valence-corrected chi connectivity index (χ4v) is 4.32. The van der Waals surface area contributed by atoms with Crippen LogP contribution in [0.5, 0.6) is 0 Å². The minimum atomic E-state index is -0.271. The quantitative estimate of drug-likeness (QED) is 0.747. The van der Waals surface area contributed by atoms with Gasteiger partial charge in [-0.25, -0.2) is 14.2 Å². The number of carbonyl (C=O) groups excluding carboxylic acids is 2. The number of carbonyl (C=O) groups is 2. The molecule has 9 heteroatoms. The molecular weight excluding hydrogens is 411 g/mol. The first-order chi connectivity index (χ1) is 15.4. The van der Waals surface area contributed by atoms with Gasteiger partial charge in [0.1, 0.15) is 11.5 Å². The van der Waals surface area contributed by atoms with Crippen LogP contribution in [0.25, 0.3) is 0 Å². The zero-order valence-electron chi connectivity index (χ0n) is 18.7. The highest BCUT2D eigenvalue weighted by atomic mass is 19.1. The van der Waals surface area contributed by atoms with E-state index in [-0.39, 0.29) is 17.8 Å². The number of fused-ring (bicyclic) bond motifs is 1. The normalized spacial score (nSPS) is 16.6. The number of amides is 3. The number of rotatable bonds is 5. The molecule has 2 aliphatic heterocycles. The van der Waals surface area contributed by atoms with Crippen LogP contribution < -0.4 is 15.5 Å². The van der Waals surface area contributed by atoms with Gasteiger partial charge in [0.15, 0.2) is 0 Å². The molecule has 0 radical (unpaired) electrons. The van der Waals surface area contributed by atoms with Gasteiger partial charge in [0.2, 0.25) is 0 Å². The Morgan fingerprint density at radius 3 is 2.62 bits per heavy atom. The third-order valence-electron chi connectivity index (χ3n) is 6.15. The number of benzene rings is 1. The smallest absolute Gasteiger partial charge is 0.322 e. The van der Waals surface area contributed by atoms with Crippen molar-refractivity contribution in [3.05, 3.63) is 52.6 Å². The molecule has 1 aromatic carbocycles. The number of nitrogens with one attached hydrogen (secondary N) is 2. The van der Waals surface area contributed by atoms with Gasteiger partial charge in [-0.15, -0.1) is 0 Å². The Kier molecular flexibility index (Phi) is 6.27. The average Bonchev–Trinajstić information content (AvgIpc) is 2.78. The summed E-state index contributed by atoms with van der Waals surface area (Å²) in [4.78, 5) is 34.5. The van der Waals surface area contributed by atoms with Gasteiger partial charge in [-0.2, -0.15) is 0 Å². The molecule has 170 valence electrons. The predicted molar refractivity (Wildman–Crippen MR) is 121 cm³/mol. The van der Waals surface area contributed by atoms with Crippen LogP contribution in [0, 0.1) is 12.7 Å². The van der Waals surface area contributed by atoms with E-state index in [0.717, 1.165) is 43.1 Å². The number of aryl methyl sites for hydroxylation is 1. The first kappa shape index (κ1) is 22.0. The number of piperazine rings is 1. The van der Waals surface area contributed by atoms with Gasteiger partial charge in [0.25, 0.3) is 5.91 Å². The average molecular weight is 441 g/mol. The van der Waals surface area contributed by atoms with E-state index in [1.807, 2.05) is 26.0 Å². The summed E-state index contributed by atoms with van der Waals surface area (Å²) in [6, 6.07) is 6.99. The topological polar surface area (TPSA) is 80.8 Å². The molecule has 1 saturated heterocycles. The molecule has 0 atom stereocenters. The summed E-state index contributed by atoms with van der Waals surface area (Å²) in [5.41, 5.74) is 4.24. The first-order valence-corrected chi connectivity index (χ1v) is 10.9. The van der Waals surface area contributed by atoms with E-state index >= 15 is 0 Å². The van der Waals surface area contributed by atoms with Crippen molar-refractivity contribution in [2.45, 2.75) is 26.9 Å². The van der Waals surface area contributed by atoms with E-state index in [4.69, 9.17) is 0 Å². The number of halogens is 1. The Balaban J connectivity index is 1.40. The van der Waals surface area contributed by atoms with Crippen molar-refractivity contribution in [1.29, 1.82) is 0 Å². The van der Waals surface area contributed by atoms with E-state index in [1.54, 1.807) is 24.1 Å². The van der Waals surface area contributed by atoms with Crippen molar-refractivity contribution < 1.29 is 14.0 Å². The predicted octanol–water partition coefficient (Wildman–Crippen LogP) is 2.58. The van der Waals surface area contributed by atoms with Crippen LogP contribution in [0.15, 0.2) is 24.3 Å². The first-order valence-electron chi connectivity index (χ1n) is 10.9. The Bertz CT molecular complexity index is 1040. The lowest BCUT2D eigenvalue weighted by atomic mass is 10.0. The standard InChI is InChI=1S/C23H29FN6O2/c1-4-29-14-17-18(24)11-16(12-20(17)27-23(29)32)13-28-7-9-30(10-8-28)21-6-5-19(22(31)25-3)26-15(21)2/h5-6,11-12H,4,7-10,13-14H2,1-3H3,(H,25,31)(H,27,32). The molecule has 0 spiro atoms. The second-order valence-electron chi connectivity index (χ2n) is 8.19. The van der Waals surface area contributed by atoms with E-state index < -0.39 is 0 Å². The van der Waals surface area contributed by atoms with Crippen LogP contribution >= 0.6 is 0 Å². The third-order valence-corrected chi connectivity index (χ3v) is 6.15. The van der Waals surface area contributed by atoms with Gasteiger partial charge in [-0.1, -0.05) is 0 Å². The van der Waals surface area contributed by atoms with Gasteiger partial charge in [0.05, 0.1) is 23.6 Å². The highest BCUT2D eigenvalue weighted by Crippen LogP contribution is 2.28. The molecule has 2 N–H and O–H groups in total. The molecule has 0 aliphatic carbocycles. The summed E-state index contributed by atoms with van der Waals surface area (Å²) in [5.74, 6) is -0.465. The maximum Gasteiger partial charge on any atom is 0.322 e. The molecule has 3 heterocycles. The highest BCUT2D eigenvalue weighted by Gasteiger charge is 2.25. The number of hydrogen-bond donors (Lipinski definition) is 2. The molecule has 3 amide bonds. The van der Waals surface area contributed by atoms with Gasteiger partial charge >= 0.3 is 6.03 Å². The van der Waals surface area contributed by atoms with Crippen LogP contribution in [0.4, 0.5) is 20.6 Å². The second-order valence-corrected chi connectivity index (χ2v) is 8.19. The molecule has 0 saturated carbocycles. The van der Waals surface area contributed by atoms with Crippen LogP contribution in [0.3, 0.4) is 0 Å². The number of anilines is 2. The van der Waals surface area contributed by atoms with E-state index in [1.165, 1.54) is 0 Å². The molecule has 2 aliphatic rings. The largest absolute Gasteiger partial charge is 0.368 e. The summed E-state index contributed by atoms with van der Waals surface area (Å²) in [6.07, 6.45) is 0. The van der Waals surface area contributed by atoms with Gasteiger partial charge < -0.3 is 20.4 Å². The Morgan fingerprint density at radius 2 is 1.97 bits per heavy atom. The zero-order valence-corrected chi connectivity index (χ0v) is 18.7. The number of aromatic nitrogens is 1. The monoisotopic (exact) mass is 440 g/mol. The molecule has 4 rings (SSSR count). The Morgan fingerprint density at radius 1 is 1.22 bits per heavy atom. The maximum absolute atomic E-state index is 14.7. The van der Waals surface area contributed by atoms with E-state index in [0.29, 0.717) is 36.6 Å². The van der Waals surface area contributed by atoms with Crippen molar-refractivity contribution in [3.63, 3.8) is 0 Å². The Hall–Kier alpha value is -3.20. The summed E-state index contributed by atoms with van der Waals surface area (Å²) < 4.78 is 14.7. The van der Waals surface area contributed by atoms with E-state index in [2.05, 4.69) is 25.4 Å². The fraction of sp³-hybridized carbons (Fsp3) is 0.435. The summed E-state index contributed by atoms with van der Waals surface area (Å²) in [6.45, 7) is 8.54. The molecule has 0 unspecified atom stereocenters. The van der Waals surface area contributed by atoms with Crippen LogP contribution in [-0.2, 0) is 13.1 Å². The molecule has 2 aromatic rings. The van der Waals surface area contributed by atoms with Crippen LogP contribution in [0.2, 0.25) is 0 Å². The number of pyridine rings is 1. The number of hydrogen-bond acceptors (Lipinski definition) is 5. The van der Waals surface area contributed by atoms with E-state index in [9.17, 15) is 14.0 Å². The maximum atomic E-state index is 14.7. The fourth-order valence-electron chi connectivity index (χ4n) is 4.32. The molecular formula is C23H29FN6O2. The second kappa shape index (κ2) is 9.12. The highest BCUT2D eigenvalue weighted by molar-refractivity contribution is 5.93. The van der Waals surface area contributed by atoms with Crippen LogP contribution in [0.1, 0.15) is 34.2 Å². The third kappa shape index (κ3) is 4.38. The summed E-state index contributed by atoms with van der Waals surface area (Å²) in [7, 11) is 1.59. The summed E-state index contributed by atoms with van der Waals surface area (Å²) >= 11 is 0. The van der Waals surface area contributed by atoms with Crippen molar-refractivity contribution in [3.8, 4) is 0 Å². The lowest BCUT2D eigenvalue weighted by molar-refractivity contribution is 0.0958. The minimum Gasteiger partial charge on any atom is -0.368 e. The van der Waals surface area contributed by atoms with Gasteiger partial charge in [-0.05, 0) is 43.7 Å². The van der Waals surface area contributed by atoms with Gasteiger partial charge in [-0.3, -0.25) is 9.69 Å². The van der Waals surface area contributed by atoms with Crippen molar-refractivity contribution in [1.82, 2.24) is 20.1 Å². The molecule has 0 bridgehead atoms. The lowest BCUT2D eigenvalue weighted by Gasteiger charge is -2.37. The van der Waals surface area contributed by atoms with Crippen LogP contribution in [-0.4, -0.2) is 66.5 Å². The molecule has 1 fully saturated rings. The van der Waals surface area contributed by atoms with Crippen molar-refractivity contribution in [2.24, 2.45) is 0 Å². The molecule has 1 aromatic heterocycles. The van der Waals surface area contributed by atoms with Crippen molar-refractivity contribution in [2.75, 3.05) is 50.0 Å². The number of nitrogens with zero attached hydrogens (tertiary/aromatic N) is 4. The molecule has 32 heavy (non-hydrogen) atoms. The SMILES string of the molecule is CCN1Cc2c(F)cc(CN3CCN(c4ccc(C(=O)NC)nc4C)CC3)cc2NC1=O. The molecule has 8 nitrogen and oxygen atoms in total.